The normalized spacial score (nSPS) is 19.6. The Labute approximate surface area is 162 Å². The summed E-state index contributed by atoms with van der Waals surface area (Å²) in [6, 6.07) is 25.2. The molecule has 0 spiro atoms. The Kier molecular flexibility index (Phi) is 4.54. The van der Waals surface area contributed by atoms with Gasteiger partial charge in [0.25, 0.3) is 0 Å². The van der Waals surface area contributed by atoms with Crippen LogP contribution in [0.25, 0.3) is 0 Å². The fourth-order valence-electron chi connectivity index (χ4n) is 3.25. The third-order valence-electron chi connectivity index (χ3n) is 4.71. The van der Waals surface area contributed by atoms with Crippen LogP contribution in [0.4, 0.5) is 11.4 Å². The van der Waals surface area contributed by atoms with E-state index < -0.39 is 17.2 Å². The number of aryl methyl sites for hydroxylation is 2. The molecule has 136 valence electrons. The molecule has 1 N–H and O–H groups in total. The lowest BCUT2D eigenvalue weighted by atomic mass is 10.0. The summed E-state index contributed by atoms with van der Waals surface area (Å²) in [7, 11) is 0. The van der Waals surface area contributed by atoms with Crippen LogP contribution in [-0.2, 0) is 11.2 Å². The molecule has 3 aromatic carbocycles. The maximum atomic E-state index is 13.5. The molecule has 1 saturated heterocycles. The Morgan fingerprint density at radius 3 is 1.85 bits per heavy atom. The van der Waals surface area contributed by atoms with Crippen LogP contribution in [0.15, 0.2) is 78.9 Å². The summed E-state index contributed by atoms with van der Waals surface area (Å²) in [4.78, 5) is 0. The van der Waals surface area contributed by atoms with Crippen molar-refractivity contribution in [2.24, 2.45) is 0 Å². The Morgan fingerprint density at radius 1 is 0.778 bits per heavy atom. The summed E-state index contributed by atoms with van der Waals surface area (Å²) in [6.07, 6.45) is 0. The minimum Gasteiger partial charge on any atom is -0.285 e. The lowest BCUT2D eigenvalue weighted by Gasteiger charge is -2.23. The highest BCUT2D eigenvalue weighted by molar-refractivity contribution is 7.89. The van der Waals surface area contributed by atoms with E-state index in [4.69, 9.17) is 5.41 Å². The molecule has 27 heavy (non-hydrogen) atoms. The number of benzene rings is 3. The zero-order valence-electron chi connectivity index (χ0n) is 15.3. The maximum Gasteiger partial charge on any atom is 0.232 e. The van der Waals surface area contributed by atoms with Crippen molar-refractivity contribution in [1.82, 2.24) is 0 Å². The molecule has 2 unspecified atom stereocenters. The van der Waals surface area contributed by atoms with E-state index in [1.807, 2.05) is 97.0 Å². The summed E-state index contributed by atoms with van der Waals surface area (Å²) in [5.74, 6) is 0.309. The monoisotopic (exact) mass is 375 g/mol. The number of rotatable bonds is 3. The van der Waals surface area contributed by atoms with E-state index >= 15 is 0 Å². The zero-order chi connectivity index (χ0) is 19.0. The second-order valence-corrected chi connectivity index (χ2v) is 7.94. The summed E-state index contributed by atoms with van der Waals surface area (Å²) >= 11 is -1.53. The molecule has 1 aliphatic heterocycles. The average molecular weight is 375 g/mol. The molecule has 0 saturated carbocycles. The van der Waals surface area contributed by atoms with Gasteiger partial charge < -0.3 is 0 Å². The van der Waals surface area contributed by atoms with E-state index in [0.717, 1.165) is 28.1 Å². The quantitative estimate of drug-likeness (QED) is 0.693. The molecule has 2 atom stereocenters. The smallest absolute Gasteiger partial charge is 0.232 e. The van der Waals surface area contributed by atoms with Crippen molar-refractivity contribution < 1.29 is 4.21 Å². The lowest BCUT2D eigenvalue weighted by molar-refractivity contribution is 0.682. The highest BCUT2D eigenvalue weighted by atomic mass is 32.2. The summed E-state index contributed by atoms with van der Waals surface area (Å²) in [5, 5.41) is 8.84. The van der Waals surface area contributed by atoms with Crippen LogP contribution >= 0.6 is 0 Å². The minimum atomic E-state index is -1.53. The molecular weight excluding hydrogens is 354 g/mol. The number of nitrogens with zero attached hydrogens (tertiary/aromatic N) is 2. The minimum absolute atomic E-state index is 0.309. The van der Waals surface area contributed by atoms with Gasteiger partial charge in [-0.25, -0.2) is 8.51 Å². The van der Waals surface area contributed by atoms with Crippen molar-refractivity contribution in [3.8, 4) is 0 Å². The first-order valence-corrected chi connectivity index (χ1v) is 9.91. The van der Waals surface area contributed by atoms with Gasteiger partial charge >= 0.3 is 0 Å². The Hall–Kier alpha value is -2.92. The third-order valence-corrected chi connectivity index (χ3v) is 6.19. The van der Waals surface area contributed by atoms with Gasteiger partial charge in [-0.2, -0.15) is 0 Å². The fourth-order valence-corrected chi connectivity index (χ4v) is 4.70. The number of hydrogen-bond donors (Lipinski definition) is 1. The molecule has 1 heterocycles. The molecule has 5 heteroatoms. The van der Waals surface area contributed by atoms with E-state index in [1.54, 1.807) is 4.31 Å². The molecule has 4 rings (SSSR count). The van der Waals surface area contributed by atoms with Crippen molar-refractivity contribution in [3.63, 3.8) is 0 Å². The van der Waals surface area contributed by atoms with Crippen LogP contribution in [-0.4, -0.2) is 10.0 Å². The van der Waals surface area contributed by atoms with Gasteiger partial charge in [-0.3, -0.25) is 9.71 Å². The molecule has 0 amide bonds. The first-order chi connectivity index (χ1) is 13.1. The van der Waals surface area contributed by atoms with E-state index in [2.05, 4.69) is 0 Å². The highest BCUT2D eigenvalue weighted by Crippen LogP contribution is 2.39. The van der Waals surface area contributed by atoms with Crippen molar-refractivity contribution in [2.75, 3.05) is 8.61 Å². The first-order valence-electron chi connectivity index (χ1n) is 8.84. The SMILES string of the molecule is Cc1ccc(N2C(=N)C(c3ccccc3)N(c3ccc(C)cc3)S2=O)cc1. The standard InChI is InChI=1S/C22H21N3OS/c1-16-8-12-19(13-9-16)24-21(18-6-4-3-5-7-18)22(23)25(27(24)26)20-14-10-17(2)11-15-20/h3-15,21,23H,1-2H3. The number of amidine groups is 1. The summed E-state index contributed by atoms with van der Waals surface area (Å²) in [6.45, 7) is 4.04. The number of anilines is 2. The molecule has 4 nitrogen and oxygen atoms in total. The van der Waals surface area contributed by atoms with Gasteiger partial charge in [-0.05, 0) is 43.7 Å². The molecular formula is C22H21N3OS. The maximum absolute atomic E-state index is 13.5. The van der Waals surface area contributed by atoms with E-state index in [-0.39, 0.29) is 0 Å². The van der Waals surface area contributed by atoms with Crippen LogP contribution in [0.2, 0.25) is 0 Å². The number of nitrogens with one attached hydrogen (secondary N) is 1. The van der Waals surface area contributed by atoms with Gasteiger partial charge in [-0.15, -0.1) is 0 Å². The van der Waals surface area contributed by atoms with Gasteiger partial charge in [0.15, 0.2) is 0 Å². The highest BCUT2D eigenvalue weighted by Gasteiger charge is 2.44. The summed E-state index contributed by atoms with van der Waals surface area (Å²) in [5.41, 5.74) is 4.83. The van der Waals surface area contributed by atoms with Crippen molar-refractivity contribution in [1.29, 1.82) is 5.41 Å². The predicted molar refractivity (Wildman–Crippen MR) is 112 cm³/mol. The first kappa shape index (κ1) is 17.5. The van der Waals surface area contributed by atoms with Crippen molar-refractivity contribution in [3.05, 3.63) is 95.6 Å². The molecule has 0 aliphatic carbocycles. The van der Waals surface area contributed by atoms with Crippen LogP contribution in [0.1, 0.15) is 22.7 Å². The van der Waals surface area contributed by atoms with Crippen molar-refractivity contribution in [2.45, 2.75) is 19.9 Å². The van der Waals surface area contributed by atoms with Crippen LogP contribution in [0, 0.1) is 19.3 Å². The van der Waals surface area contributed by atoms with Crippen molar-refractivity contribution >= 4 is 28.4 Å². The Bertz CT molecular complexity index is 984. The molecule has 1 fully saturated rings. The molecule has 0 aromatic heterocycles. The molecule has 0 radical (unpaired) electrons. The van der Waals surface area contributed by atoms with Crippen LogP contribution in [0.3, 0.4) is 0 Å². The molecule has 1 aliphatic rings. The van der Waals surface area contributed by atoms with Gasteiger partial charge in [0.2, 0.25) is 11.2 Å². The topological polar surface area (TPSA) is 47.4 Å². The Balaban J connectivity index is 1.83. The van der Waals surface area contributed by atoms with Crippen LogP contribution in [0.5, 0.6) is 0 Å². The van der Waals surface area contributed by atoms with E-state index in [9.17, 15) is 4.21 Å². The van der Waals surface area contributed by atoms with E-state index in [0.29, 0.717) is 5.84 Å². The van der Waals surface area contributed by atoms with Crippen LogP contribution < -0.4 is 8.61 Å². The van der Waals surface area contributed by atoms with Gasteiger partial charge in [0.1, 0.15) is 11.9 Å². The Morgan fingerprint density at radius 2 is 1.30 bits per heavy atom. The second-order valence-electron chi connectivity index (χ2n) is 6.72. The second kappa shape index (κ2) is 7.00. The van der Waals surface area contributed by atoms with E-state index in [1.165, 1.54) is 0 Å². The average Bonchev–Trinajstić information content (AvgIpc) is 2.94. The number of hydrogen-bond acceptors (Lipinski definition) is 2. The zero-order valence-corrected chi connectivity index (χ0v) is 16.1. The predicted octanol–water partition coefficient (Wildman–Crippen LogP) is 4.93. The van der Waals surface area contributed by atoms with Gasteiger partial charge in [0, 0.05) is 0 Å². The van der Waals surface area contributed by atoms with Gasteiger partial charge in [0.05, 0.1) is 11.4 Å². The fraction of sp³-hybridized carbons (Fsp3) is 0.136. The molecule has 3 aromatic rings. The lowest BCUT2D eigenvalue weighted by Crippen LogP contribution is -2.27. The molecule has 0 bridgehead atoms. The largest absolute Gasteiger partial charge is 0.285 e. The van der Waals surface area contributed by atoms with Gasteiger partial charge in [-0.1, -0.05) is 65.7 Å². The third kappa shape index (κ3) is 3.15. The summed E-state index contributed by atoms with van der Waals surface area (Å²) < 4.78 is 16.9.